The van der Waals surface area contributed by atoms with Crippen LogP contribution in [0.2, 0.25) is 9.88 Å². The Morgan fingerprint density at radius 1 is 1.25 bits per heavy atom. The van der Waals surface area contributed by atoms with E-state index in [4.69, 9.17) is 17.5 Å². The average molecular weight is 247 g/mol. The predicted octanol–water partition coefficient (Wildman–Crippen LogP) is 0.134. The predicted molar refractivity (Wildman–Crippen MR) is 31.7 cm³/mol. The van der Waals surface area contributed by atoms with Crippen molar-refractivity contribution in [2.45, 2.75) is 9.88 Å². The van der Waals surface area contributed by atoms with E-state index in [1.165, 1.54) is 0 Å². The van der Waals surface area contributed by atoms with Crippen molar-refractivity contribution in [2.24, 2.45) is 0 Å². The van der Waals surface area contributed by atoms with Crippen molar-refractivity contribution in [1.82, 2.24) is 0 Å². The van der Waals surface area contributed by atoms with Crippen molar-refractivity contribution in [3.63, 3.8) is 0 Å². The molecule has 0 saturated heterocycles. The Balaban J connectivity index is 0. The van der Waals surface area contributed by atoms with Crippen molar-refractivity contribution >= 4 is 31.5 Å². The molecule has 0 rings (SSSR count). The molecule has 0 aliphatic carbocycles. The van der Waals surface area contributed by atoms with Crippen LogP contribution < -0.4 is 0 Å². The standard InChI is InChI=1S/2CH3.H2O4S.Sn/c;;1-5(2,3)4;/h2*1H3;(H2,1,2,3,4);. The van der Waals surface area contributed by atoms with Crippen molar-refractivity contribution in [1.29, 1.82) is 0 Å². The van der Waals surface area contributed by atoms with Gasteiger partial charge in [-0.25, -0.2) is 0 Å². The first-order chi connectivity index (χ1) is 3.41. The molecule has 0 aromatic carbocycles. The molecule has 0 aromatic heterocycles. The van der Waals surface area contributed by atoms with Gasteiger partial charge in [0.1, 0.15) is 0 Å². The van der Waals surface area contributed by atoms with Gasteiger partial charge >= 0.3 is 41.4 Å². The summed E-state index contributed by atoms with van der Waals surface area (Å²) in [5.74, 6) is 0. The van der Waals surface area contributed by atoms with E-state index < -0.39 is 10.4 Å². The third-order valence-electron chi connectivity index (χ3n) is 0. The number of rotatable bonds is 0. The topological polar surface area (TPSA) is 74.6 Å². The van der Waals surface area contributed by atoms with Gasteiger partial charge in [-0.2, -0.15) is 8.42 Å². The molecule has 6 heteroatoms. The Morgan fingerprint density at radius 3 is 1.25 bits per heavy atom. The van der Waals surface area contributed by atoms with E-state index >= 15 is 0 Å². The van der Waals surface area contributed by atoms with Gasteiger partial charge in [0.25, 0.3) is 0 Å². The molecular weight excluding hydrogens is 239 g/mol. The van der Waals surface area contributed by atoms with Crippen LogP contribution in [0.25, 0.3) is 0 Å². The molecule has 0 aliphatic heterocycles. The van der Waals surface area contributed by atoms with Gasteiger partial charge in [0.2, 0.25) is 0 Å². The molecule has 0 aliphatic rings. The molecule has 0 atom stereocenters. The van der Waals surface area contributed by atoms with Gasteiger partial charge in [0, 0.05) is 0 Å². The van der Waals surface area contributed by atoms with E-state index in [9.17, 15) is 0 Å². The first-order valence-electron chi connectivity index (χ1n) is 1.70. The fraction of sp³-hybridized carbons (Fsp3) is 1.00. The van der Waals surface area contributed by atoms with Crippen molar-refractivity contribution in [2.75, 3.05) is 0 Å². The summed E-state index contributed by atoms with van der Waals surface area (Å²) < 4.78 is 31.6. The summed E-state index contributed by atoms with van der Waals surface area (Å²) in [5.41, 5.74) is 0. The van der Waals surface area contributed by atoms with Gasteiger partial charge in [-0.1, -0.05) is 0 Å². The van der Waals surface area contributed by atoms with E-state index in [0.717, 1.165) is 0 Å². The van der Waals surface area contributed by atoms with Crippen molar-refractivity contribution in [3.8, 4) is 0 Å². The molecule has 0 spiro atoms. The van der Waals surface area contributed by atoms with Crippen LogP contribution in [-0.4, -0.2) is 38.7 Å². The summed E-state index contributed by atoms with van der Waals surface area (Å²) in [6, 6.07) is 0. The fourth-order valence-electron chi connectivity index (χ4n) is 0. The SMILES string of the molecule is O=S(=O)(O)O.[CH3][Sn][CH3]. The number of hydrogen-bond donors (Lipinski definition) is 2. The summed E-state index contributed by atoms with van der Waals surface area (Å²) in [6.07, 6.45) is 0. The summed E-state index contributed by atoms with van der Waals surface area (Å²) in [5, 5.41) is 0. The van der Waals surface area contributed by atoms with Crippen LogP contribution >= 0.6 is 0 Å². The minimum atomic E-state index is -4.67. The molecule has 0 heterocycles. The van der Waals surface area contributed by atoms with E-state index in [1.54, 1.807) is 0 Å². The van der Waals surface area contributed by atoms with E-state index in [-0.39, 0.29) is 21.1 Å². The summed E-state index contributed by atoms with van der Waals surface area (Å²) >= 11 is 0.230. The molecular formula is C2H8O4SSn. The summed E-state index contributed by atoms with van der Waals surface area (Å²) in [4.78, 5) is 4.59. The Labute approximate surface area is 59.1 Å². The molecule has 8 heavy (non-hydrogen) atoms. The molecule has 50 valence electrons. The molecule has 4 nitrogen and oxygen atoms in total. The molecule has 2 radical (unpaired) electrons. The van der Waals surface area contributed by atoms with Crippen LogP contribution in [0.3, 0.4) is 0 Å². The zero-order valence-corrected chi connectivity index (χ0v) is 8.29. The third-order valence-corrected chi connectivity index (χ3v) is 0. The van der Waals surface area contributed by atoms with Crippen LogP contribution in [0.4, 0.5) is 0 Å². The van der Waals surface area contributed by atoms with Gasteiger partial charge in [-0.3, -0.25) is 9.11 Å². The Bertz CT molecular complexity index is 108. The zero-order chi connectivity index (χ0) is 7.21. The maximum absolute atomic E-state index is 8.74. The first kappa shape index (κ1) is 11.5. The number of hydrogen-bond acceptors (Lipinski definition) is 2. The summed E-state index contributed by atoms with van der Waals surface area (Å²) in [6.45, 7) is 0. The van der Waals surface area contributed by atoms with Gasteiger partial charge in [-0.15, -0.1) is 0 Å². The van der Waals surface area contributed by atoms with E-state index in [0.29, 0.717) is 0 Å². The molecule has 0 bridgehead atoms. The fourth-order valence-corrected chi connectivity index (χ4v) is 0. The zero-order valence-electron chi connectivity index (χ0n) is 4.62. The van der Waals surface area contributed by atoms with Gasteiger partial charge in [0.05, 0.1) is 0 Å². The normalized spacial score (nSPS) is 9.50. The third kappa shape index (κ3) is 479. The van der Waals surface area contributed by atoms with E-state index in [1.807, 2.05) is 0 Å². The van der Waals surface area contributed by atoms with Gasteiger partial charge in [0.15, 0.2) is 0 Å². The van der Waals surface area contributed by atoms with Gasteiger partial charge < -0.3 is 0 Å². The average Bonchev–Trinajstić information content (AvgIpc) is 1.27. The van der Waals surface area contributed by atoms with Crippen LogP contribution in [0.15, 0.2) is 0 Å². The molecule has 0 fully saturated rings. The molecule has 0 saturated carbocycles. The first-order valence-corrected chi connectivity index (χ1v) is 8.80. The quantitative estimate of drug-likeness (QED) is 0.471. The molecule has 0 unspecified atom stereocenters. The second kappa shape index (κ2) is 5.80. The molecule has 0 amide bonds. The van der Waals surface area contributed by atoms with Crippen molar-refractivity contribution in [3.05, 3.63) is 0 Å². The maximum atomic E-state index is 8.74. The minimum absolute atomic E-state index is 0.230. The van der Waals surface area contributed by atoms with Crippen LogP contribution in [0.5, 0.6) is 0 Å². The van der Waals surface area contributed by atoms with Crippen molar-refractivity contribution < 1.29 is 17.5 Å². The monoisotopic (exact) mass is 248 g/mol. The van der Waals surface area contributed by atoms with E-state index in [2.05, 4.69) is 9.88 Å². The van der Waals surface area contributed by atoms with Gasteiger partial charge in [-0.05, 0) is 0 Å². The van der Waals surface area contributed by atoms with Crippen LogP contribution in [0.1, 0.15) is 0 Å². The Morgan fingerprint density at radius 2 is 1.25 bits per heavy atom. The molecule has 0 aromatic rings. The second-order valence-corrected chi connectivity index (χ2v) is 4.70. The van der Waals surface area contributed by atoms with Crippen LogP contribution in [-0.2, 0) is 10.4 Å². The Hall–Kier alpha value is 0.669. The second-order valence-electron chi connectivity index (χ2n) is 0.948. The Kier molecular flexibility index (Phi) is 8.31. The summed E-state index contributed by atoms with van der Waals surface area (Å²) in [7, 11) is -4.67. The molecule has 2 N–H and O–H groups in total. The van der Waals surface area contributed by atoms with Crippen LogP contribution in [0, 0.1) is 0 Å².